The van der Waals surface area contributed by atoms with Crippen molar-refractivity contribution in [2.24, 2.45) is 0 Å². The van der Waals surface area contributed by atoms with Crippen molar-refractivity contribution in [3.8, 4) is 5.69 Å². The Bertz CT molecular complexity index is 1470. The lowest BCUT2D eigenvalue weighted by atomic mass is 10.1. The number of fused-ring (bicyclic) bond motifs is 3. The lowest BCUT2D eigenvalue weighted by Crippen LogP contribution is -2.17. The molecule has 3 aromatic heterocycles. The van der Waals surface area contributed by atoms with E-state index in [0.29, 0.717) is 17.0 Å². The molecule has 5 aromatic rings. The first-order chi connectivity index (χ1) is 14.6. The summed E-state index contributed by atoms with van der Waals surface area (Å²) in [7, 11) is 0. The number of nitrogens with zero attached hydrogens (tertiary/aromatic N) is 3. The van der Waals surface area contributed by atoms with Crippen LogP contribution in [0.15, 0.2) is 83.9 Å². The SMILES string of the molecule is O=c1ccc2cnc3ccc(Nc4ccccn4)cc3c2n1-c1ccc(F)c(Cl)c1. The third-order valence-electron chi connectivity index (χ3n) is 4.82. The number of anilines is 2. The van der Waals surface area contributed by atoms with E-state index in [4.69, 9.17) is 11.6 Å². The number of benzene rings is 2. The van der Waals surface area contributed by atoms with Crippen LogP contribution in [0.4, 0.5) is 15.9 Å². The number of hydrogen-bond acceptors (Lipinski definition) is 4. The molecule has 30 heavy (non-hydrogen) atoms. The van der Waals surface area contributed by atoms with E-state index in [-0.39, 0.29) is 10.6 Å². The van der Waals surface area contributed by atoms with E-state index < -0.39 is 5.82 Å². The van der Waals surface area contributed by atoms with Gasteiger partial charge in [0.15, 0.2) is 0 Å². The maximum absolute atomic E-state index is 13.7. The molecule has 0 spiro atoms. The molecule has 0 atom stereocenters. The minimum atomic E-state index is -0.540. The quantitative estimate of drug-likeness (QED) is 0.396. The van der Waals surface area contributed by atoms with Gasteiger partial charge in [-0.15, -0.1) is 0 Å². The second kappa shape index (κ2) is 7.24. The third kappa shape index (κ3) is 3.17. The van der Waals surface area contributed by atoms with E-state index in [1.807, 2.05) is 36.4 Å². The molecule has 0 aliphatic carbocycles. The molecule has 7 heteroatoms. The summed E-state index contributed by atoms with van der Waals surface area (Å²) >= 11 is 5.98. The summed E-state index contributed by atoms with van der Waals surface area (Å²) in [6.45, 7) is 0. The van der Waals surface area contributed by atoms with Crippen molar-refractivity contribution in [1.29, 1.82) is 0 Å². The van der Waals surface area contributed by atoms with Gasteiger partial charge in [0.05, 0.1) is 21.7 Å². The number of nitrogens with one attached hydrogen (secondary N) is 1. The Kier molecular flexibility index (Phi) is 4.41. The van der Waals surface area contributed by atoms with Crippen LogP contribution in [0, 0.1) is 5.82 Å². The number of halogens is 2. The molecule has 0 unspecified atom stereocenters. The first-order valence-electron chi connectivity index (χ1n) is 9.18. The number of rotatable bonds is 3. The van der Waals surface area contributed by atoms with Gasteiger partial charge in [-0.1, -0.05) is 17.7 Å². The Morgan fingerprint density at radius 2 is 1.87 bits per heavy atom. The topological polar surface area (TPSA) is 59.8 Å². The van der Waals surface area contributed by atoms with Gasteiger partial charge in [0.25, 0.3) is 5.56 Å². The zero-order chi connectivity index (χ0) is 20.7. The van der Waals surface area contributed by atoms with Gasteiger partial charge in [0, 0.05) is 34.9 Å². The summed E-state index contributed by atoms with van der Waals surface area (Å²) in [5.41, 5.74) is 2.42. The first kappa shape index (κ1) is 18.3. The minimum Gasteiger partial charge on any atom is -0.340 e. The van der Waals surface area contributed by atoms with Crippen LogP contribution in [-0.4, -0.2) is 14.5 Å². The molecular weight excluding hydrogens is 403 g/mol. The summed E-state index contributed by atoms with van der Waals surface area (Å²) in [6.07, 6.45) is 3.42. The molecule has 0 radical (unpaired) electrons. The van der Waals surface area contributed by atoms with Gasteiger partial charge < -0.3 is 5.32 Å². The smallest absolute Gasteiger partial charge is 0.255 e. The largest absolute Gasteiger partial charge is 0.340 e. The predicted octanol–water partition coefficient (Wildman–Crippen LogP) is 5.47. The van der Waals surface area contributed by atoms with Crippen molar-refractivity contribution in [1.82, 2.24) is 14.5 Å². The maximum atomic E-state index is 13.7. The predicted molar refractivity (Wildman–Crippen MR) is 117 cm³/mol. The number of aromatic nitrogens is 3. The highest BCUT2D eigenvalue weighted by molar-refractivity contribution is 6.30. The minimum absolute atomic E-state index is 0.0488. The Morgan fingerprint density at radius 1 is 0.967 bits per heavy atom. The van der Waals surface area contributed by atoms with E-state index >= 15 is 0 Å². The molecule has 2 aromatic carbocycles. The van der Waals surface area contributed by atoms with E-state index in [0.717, 1.165) is 22.0 Å². The Morgan fingerprint density at radius 3 is 2.67 bits per heavy atom. The molecule has 0 saturated carbocycles. The van der Waals surface area contributed by atoms with Crippen molar-refractivity contribution < 1.29 is 4.39 Å². The van der Waals surface area contributed by atoms with Crippen LogP contribution in [0.1, 0.15) is 0 Å². The molecule has 1 N–H and O–H groups in total. The van der Waals surface area contributed by atoms with Gasteiger partial charge >= 0.3 is 0 Å². The average molecular weight is 417 g/mol. The molecule has 0 saturated heterocycles. The maximum Gasteiger partial charge on any atom is 0.255 e. The van der Waals surface area contributed by atoms with Crippen LogP contribution in [0.2, 0.25) is 5.02 Å². The third-order valence-corrected chi connectivity index (χ3v) is 5.11. The molecule has 146 valence electrons. The van der Waals surface area contributed by atoms with Gasteiger partial charge in [-0.2, -0.15) is 0 Å². The molecule has 0 fully saturated rings. The van der Waals surface area contributed by atoms with Crippen LogP contribution in [0.25, 0.3) is 27.5 Å². The standard InChI is InChI=1S/C23H14ClFN4O/c24-18-12-16(6-7-19(18)25)29-22(30)9-4-14-13-27-20-8-5-15(11-17(20)23(14)29)28-21-3-1-2-10-26-21/h1-13H,(H,26,28). The summed E-state index contributed by atoms with van der Waals surface area (Å²) in [5, 5.41) is 4.75. The highest BCUT2D eigenvalue weighted by atomic mass is 35.5. The van der Waals surface area contributed by atoms with E-state index in [9.17, 15) is 9.18 Å². The van der Waals surface area contributed by atoms with E-state index in [1.165, 1.54) is 28.8 Å². The lowest BCUT2D eigenvalue weighted by molar-refractivity contribution is 0.628. The van der Waals surface area contributed by atoms with Crippen LogP contribution in [0.3, 0.4) is 0 Å². The van der Waals surface area contributed by atoms with Crippen molar-refractivity contribution >= 4 is 44.9 Å². The lowest BCUT2D eigenvalue weighted by Gasteiger charge is -2.14. The van der Waals surface area contributed by atoms with Crippen molar-refractivity contribution in [2.45, 2.75) is 0 Å². The second-order valence-corrected chi connectivity index (χ2v) is 7.15. The monoisotopic (exact) mass is 416 g/mol. The normalized spacial score (nSPS) is 11.1. The number of hydrogen-bond donors (Lipinski definition) is 1. The number of pyridine rings is 3. The molecule has 0 amide bonds. The van der Waals surface area contributed by atoms with Gasteiger partial charge in [-0.05, 0) is 54.6 Å². The van der Waals surface area contributed by atoms with Crippen LogP contribution in [0.5, 0.6) is 0 Å². The van der Waals surface area contributed by atoms with Crippen LogP contribution >= 0.6 is 11.6 Å². The Labute approximate surface area is 175 Å². The molecular formula is C23H14ClFN4O. The molecule has 5 nitrogen and oxygen atoms in total. The van der Waals surface area contributed by atoms with Crippen molar-refractivity contribution in [2.75, 3.05) is 5.32 Å². The highest BCUT2D eigenvalue weighted by Gasteiger charge is 2.12. The first-order valence-corrected chi connectivity index (χ1v) is 9.56. The van der Waals surface area contributed by atoms with Crippen molar-refractivity contribution in [3.05, 3.63) is 100 Å². The van der Waals surface area contributed by atoms with Gasteiger partial charge in [0.2, 0.25) is 0 Å². The molecule has 5 rings (SSSR count). The molecule has 0 aliphatic heterocycles. The average Bonchev–Trinajstić information content (AvgIpc) is 2.76. The molecule has 0 bridgehead atoms. The van der Waals surface area contributed by atoms with Gasteiger partial charge in [-0.25, -0.2) is 9.37 Å². The summed E-state index contributed by atoms with van der Waals surface area (Å²) in [4.78, 5) is 21.6. The van der Waals surface area contributed by atoms with Gasteiger partial charge in [-0.3, -0.25) is 14.3 Å². The Hall–Kier alpha value is -3.77. The van der Waals surface area contributed by atoms with E-state index in [2.05, 4.69) is 15.3 Å². The zero-order valence-electron chi connectivity index (χ0n) is 15.5. The fraction of sp³-hybridized carbons (Fsp3) is 0. The summed E-state index contributed by atoms with van der Waals surface area (Å²) in [6, 6.07) is 18.7. The summed E-state index contributed by atoms with van der Waals surface area (Å²) in [5.74, 6) is 0.162. The summed E-state index contributed by atoms with van der Waals surface area (Å²) < 4.78 is 15.2. The van der Waals surface area contributed by atoms with Crippen LogP contribution < -0.4 is 10.9 Å². The molecule has 0 aliphatic rings. The van der Waals surface area contributed by atoms with E-state index in [1.54, 1.807) is 18.5 Å². The highest BCUT2D eigenvalue weighted by Crippen LogP contribution is 2.29. The van der Waals surface area contributed by atoms with Gasteiger partial charge in [0.1, 0.15) is 11.6 Å². The van der Waals surface area contributed by atoms with Crippen LogP contribution in [-0.2, 0) is 0 Å². The molecule has 3 heterocycles. The Balaban J connectivity index is 1.79. The zero-order valence-corrected chi connectivity index (χ0v) is 16.3. The fourth-order valence-electron chi connectivity index (χ4n) is 3.45. The van der Waals surface area contributed by atoms with Crippen molar-refractivity contribution in [3.63, 3.8) is 0 Å². The fourth-order valence-corrected chi connectivity index (χ4v) is 3.63. The second-order valence-electron chi connectivity index (χ2n) is 6.74.